The summed E-state index contributed by atoms with van der Waals surface area (Å²) in [4.78, 5) is 15.0. The Hall–Kier alpha value is -1.95. The van der Waals surface area contributed by atoms with Gasteiger partial charge in [-0.05, 0) is 48.9 Å². The van der Waals surface area contributed by atoms with Gasteiger partial charge in [-0.15, -0.1) is 0 Å². The van der Waals surface area contributed by atoms with Crippen LogP contribution < -0.4 is 5.73 Å². The van der Waals surface area contributed by atoms with Crippen LogP contribution in [-0.4, -0.2) is 49.4 Å². The topological polar surface area (TPSA) is 64.8 Å². The van der Waals surface area contributed by atoms with Crippen LogP contribution in [0.15, 0.2) is 42.5 Å². The van der Waals surface area contributed by atoms with E-state index in [4.69, 9.17) is 15.2 Å². The van der Waals surface area contributed by atoms with Crippen molar-refractivity contribution in [2.75, 3.05) is 26.3 Å². The first-order chi connectivity index (χ1) is 14.0. The van der Waals surface area contributed by atoms with Gasteiger partial charge >= 0.3 is 0 Å². The Morgan fingerprint density at radius 3 is 2.34 bits per heavy atom. The van der Waals surface area contributed by atoms with Crippen LogP contribution in [0.1, 0.15) is 39.7 Å². The van der Waals surface area contributed by atoms with Gasteiger partial charge in [-0.25, -0.2) is 0 Å². The van der Waals surface area contributed by atoms with Crippen molar-refractivity contribution in [3.8, 4) is 0 Å². The molecule has 0 aromatic heterocycles. The fourth-order valence-electron chi connectivity index (χ4n) is 3.44. The molecule has 160 valence electrons. The van der Waals surface area contributed by atoms with Crippen LogP contribution in [0.2, 0.25) is 0 Å². The number of carbonyl (C=O) groups excluding carboxylic acids is 1. The van der Waals surface area contributed by atoms with Crippen LogP contribution in [0, 0.1) is 5.92 Å². The van der Waals surface area contributed by atoms with E-state index >= 15 is 0 Å². The molecular formula is C24H36N2O3. The zero-order chi connectivity index (χ0) is 21.2. The number of amides is 1. The van der Waals surface area contributed by atoms with Gasteiger partial charge in [-0.2, -0.15) is 0 Å². The molecule has 1 unspecified atom stereocenters. The van der Waals surface area contributed by atoms with Crippen molar-refractivity contribution in [2.24, 2.45) is 11.7 Å². The molecule has 0 aliphatic carbocycles. The molecule has 0 saturated heterocycles. The van der Waals surface area contributed by atoms with Gasteiger partial charge in [0.2, 0.25) is 5.91 Å². The summed E-state index contributed by atoms with van der Waals surface area (Å²) in [5.41, 5.74) is 7.49. The van der Waals surface area contributed by atoms with Crippen molar-refractivity contribution in [3.63, 3.8) is 0 Å². The fraction of sp³-hybridized carbons (Fsp3) is 0.542. The first-order valence-electron chi connectivity index (χ1n) is 10.7. The lowest BCUT2D eigenvalue weighted by molar-refractivity contribution is -0.159. The quantitative estimate of drug-likeness (QED) is 0.547. The number of rotatable bonds is 12. The van der Waals surface area contributed by atoms with Gasteiger partial charge in [0.05, 0.1) is 12.6 Å². The minimum Gasteiger partial charge on any atom is -0.351 e. The third kappa shape index (κ3) is 7.11. The predicted octanol–water partition coefficient (Wildman–Crippen LogP) is 3.98. The van der Waals surface area contributed by atoms with Crippen molar-refractivity contribution < 1.29 is 14.3 Å². The molecule has 0 heterocycles. The highest BCUT2D eigenvalue weighted by Gasteiger charge is 2.25. The molecule has 2 N–H and O–H groups in total. The lowest BCUT2D eigenvalue weighted by atomic mass is 9.98. The van der Waals surface area contributed by atoms with Crippen molar-refractivity contribution >= 4 is 16.7 Å². The molecule has 0 bridgehead atoms. The number of fused-ring (bicyclic) bond motifs is 1. The van der Waals surface area contributed by atoms with Crippen molar-refractivity contribution in [1.29, 1.82) is 0 Å². The lowest BCUT2D eigenvalue weighted by Gasteiger charge is -2.30. The number of nitrogens with two attached hydrogens (primary N) is 1. The molecule has 1 amide bonds. The Kier molecular flexibility index (Phi) is 9.58. The summed E-state index contributed by atoms with van der Waals surface area (Å²) in [6, 6.07) is 13.7. The highest BCUT2D eigenvalue weighted by atomic mass is 16.7. The van der Waals surface area contributed by atoms with Gasteiger partial charge in [-0.3, -0.25) is 4.79 Å². The highest BCUT2D eigenvalue weighted by Crippen LogP contribution is 2.20. The van der Waals surface area contributed by atoms with Gasteiger partial charge in [0.1, 0.15) is 0 Å². The smallest absolute Gasteiger partial charge is 0.240 e. The number of hydrogen-bond donors (Lipinski definition) is 1. The van der Waals surface area contributed by atoms with Crippen molar-refractivity contribution in [1.82, 2.24) is 4.90 Å². The second-order valence-corrected chi connectivity index (χ2v) is 7.76. The molecule has 0 aliphatic rings. The molecular weight excluding hydrogens is 364 g/mol. The third-order valence-corrected chi connectivity index (χ3v) is 5.00. The number of ether oxygens (including phenoxy) is 2. The van der Waals surface area contributed by atoms with Gasteiger partial charge in [0.25, 0.3) is 0 Å². The molecule has 0 radical (unpaired) electrons. The van der Waals surface area contributed by atoms with Crippen LogP contribution in [0.5, 0.6) is 0 Å². The summed E-state index contributed by atoms with van der Waals surface area (Å²) >= 11 is 0. The van der Waals surface area contributed by atoms with E-state index in [-0.39, 0.29) is 5.91 Å². The zero-order valence-electron chi connectivity index (χ0n) is 18.3. The number of carbonyl (C=O) groups is 1. The van der Waals surface area contributed by atoms with Crippen LogP contribution in [0.3, 0.4) is 0 Å². The Bertz CT molecular complexity index is 751. The largest absolute Gasteiger partial charge is 0.351 e. The Labute approximate surface area is 175 Å². The van der Waals surface area contributed by atoms with Gasteiger partial charge < -0.3 is 20.1 Å². The molecule has 2 rings (SSSR count). The summed E-state index contributed by atoms with van der Waals surface area (Å²) in [6.45, 7) is 10.3. The van der Waals surface area contributed by atoms with E-state index in [1.807, 2.05) is 36.9 Å². The van der Waals surface area contributed by atoms with E-state index in [2.05, 4.69) is 38.1 Å². The highest BCUT2D eigenvalue weighted by molar-refractivity contribution is 5.87. The molecule has 5 nitrogen and oxygen atoms in total. The first-order valence-corrected chi connectivity index (χ1v) is 10.7. The van der Waals surface area contributed by atoms with E-state index in [0.29, 0.717) is 38.6 Å². The van der Waals surface area contributed by atoms with Crippen LogP contribution in [-0.2, 0) is 20.7 Å². The molecule has 5 heteroatoms. The number of benzene rings is 2. The van der Waals surface area contributed by atoms with Gasteiger partial charge in [0.15, 0.2) is 6.29 Å². The molecule has 0 fully saturated rings. The van der Waals surface area contributed by atoms with Gasteiger partial charge in [0, 0.05) is 19.8 Å². The third-order valence-electron chi connectivity index (χ3n) is 5.00. The molecule has 29 heavy (non-hydrogen) atoms. The van der Waals surface area contributed by atoms with Crippen LogP contribution >= 0.6 is 0 Å². The molecule has 2 aromatic rings. The lowest BCUT2D eigenvalue weighted by Crippen LogP contribution is -2.49. The Morgan fingerprint density at radius 2 is 1.69 bits per heavy atom. The van der Waals surface area contributed by atoms with E-state index in [1.165, 1.54) is 0 Å². The summed E-state index contributed by atoms with van der Waals surface area (Å²) in [5.74, 6) is 0.445. The average molecular weight is 401 g/mol. The van der Waals surface area contributed by atoms with E-state index in [0.717, 1.165) is 22.8 Å². The number of nitrogens with zero attached hydrogens (tertiary/aromatic N) is 1. The van der Waals surface area contributed by atoms with Crippen molar-refractivity contribution in [3.05, 3.63) is 48.0 Å². The second-order valence-electron chi connectivity index (χ2n) is 7.76. The molecule has 0 aliphatic heterocycles. The molecule has 2 aromatic carbocycles. The van der Waals surface area contributed by atoms with Gasteiger partial charge in [-0.1, -0.05) is 56.3 Å². The standard InChI is InChI=1S/C24H36N2O3/c1-5-28-23(29-6-2)17-26(15-14-18(3)4)24(27)22(25)16-20-12-9-11-19-10-7-8-13-21(19)20/h7-13,18,22-23H,5-6,14-17,25H2,1-4H3. The maximum Gasteiger partial charge on any atom is 0.240 e. The maximum absolute atomic E-state index is 13.2. The van der Waals surface area contributed by atoms with E-state index < -0.39 is 12.3 Å². The minimum atomic E-state index is -0.600. The minimum absolute atomic E-state index is 0.0528. The molecule has 0 spiro atoms. The monoisotopic (exact) mass is 400 g/mol. The maximum atomic E-state index is 13.2. The van der Waals surface area contributed by atoms with E-state index in [9.17, 15) is 4.79 Å². The average Bonchev–Trinajstić information content (AvgIpc) is 2.71. The summed E-state index contributed by atoms with van der Waals surface area (Å²) < 4.78 is 11.3. The molecule has 1 atom stereocenters. The zero-order valence-corrected chi connectivity index (χ0v) is 18.3. The van der Waals surface area contributed by atoms with Crippen LogP contribution in [0.25, 0.3) is 10.8 Å². The van der Waals surface area contributed by atoms with Crippen molar-refractivity contribution in [2.45, 2.75) is 52.9 Å². The first kappa shape index (κ1) is 23.3. The Balaban J connectivity index is 2.14. The predicted molar refractivity (Wildman–Crippen MR) is 119 cm³/mol. The second kappa shape index (κ2) is 11.9. The van der Waals surface area contributed by atoms with E-state index in [1.54, 1.807) is 0 Å². The van der Waals surface area contributed by atoms with Crippen LogP contribution in [0.4, 0.5) is 0 Å². The summed E-state index contributed by atoms with van der Waals surface area (Å²) in [7, 11) is 0. The summed E-state index contributed by atoms with van der Waals surface area (Å²) in [6.07, 6.45) is 0.996. The fourth-order valence-corrected chi connectivity index (χ4v) is 3.44. The normalized spacial score (nSPS) is 12.7. The SMILES string of the molecule is CCOC(CN(CCC(C)C)C(=O)C(N)Cc1cccc2ccccc12)OCC. The Morgan fingerprint density at radius 1 is 1.03 bits per heavy atom. The molecule has 0 saturated carbocycles. The number of hydrogen-bond acceptors (Lipinski definition) is 4. The summed E-state index contributed by atoms with van der Waals surface area (Å²) in [5, 5.41) is 2.31.